The number of fused-ring (bicyclic) bond motifs is 2. The number of nitrogens with one attached hydrogen (secondary N) is 2. The number of benzene rings is 2. The van der Waals surface area contributed by atoms with E-state index in [2.05, 4.69) is 15.3 Å². The fourth-order valence-electron chi connectivity index (χ4n) is 3.55. The van der Waals surface area contributed by atoms with E-state index in [9.17, 15) is 14.4 Å². The van der Waals surface area contributed by atoms with Gasteiger partial charge in [0.1, 0.15) is 0 Å². The van der Waals surface area contributed by atoms with Gasteiger partial charge in [-0.15, -0.1) is 0 Å². The minimum absolute atomic E-state index is 0.218. The molecule has 1 atom stereocenters. The summed E-state index contributed by atoms with van der Waals surface area (Å²) in [5.41, 5.74) is 3.38. The number of aryl methyl sites for hydroxylation is 2. The predicted molar refractivity (Wildman–Crippen MR) is 110 cm³/mol. The number of amides is 2. The van der Waals surface area contributed by atoms with E-state index >= 15 is 0 Å². The van der Waals surface area contributed by atoms with Crippen LogP contribution in [0, 0.1) is 19.8 Å². The first-order chi connectivity index (χ1) is 13.9. The van der Waals surface area contributed by atoms with E-state index < -0.39 is 17.6 Å². The third-order valence-electron chi connectivity index (χ3n) is 5.35. The number of carbonyl (C=O) groups excluding carboxylic acids is 3. The Morgan fingerprint density at radius 3 is 2.72 bits per heavy atom. The third kappa shape index (κ3) is 3.61. The minimum atomic E-state index is -0.679. The molecule has 1 aliphatic heterocycles. The molecule has 6 heteroatoms. The van der Waals surface area contributed by atoms with Gasteiger partial charge in [-0.25, -0.2) is 4.99 Å². The standard InChI is InChI=1S/C23H21N3O3/c1-13-9-16-11-15(22(28)26-20(16)10-14(13)2)7-8-24-23(29)21(27)18-12-25-19-6-4-3-5-17(18)19/h3-6,9-12,15,25H,7-8H2,1-2H3,(H,24,29). The number of Topliss-reactive ketones (excluding diaryl/α,β-unsaturated/α-hetero) is 1. The van der Waals surface area contributed by atoms with Crippen LogP contribution in [0.15, 0.2) is 47.6 Å². The van der Waals surface area contributed by atoms with Crippen molar-refractivity contribution in [3.8, 4) is 0 Å². The lowest BCUT2D eigenvalue weighted by atomic mass is 9.98. The summed E-state index contributed by atoms with van der Waals surface area (Å²) in [5.74, 6) is -1.91. The number of para-hydroxylation sites is 1. The number of ketones is 1. The van der Waals surface area contributed by atoms with Crippen LogP contribution < -0.4 is 15.9 Å². The molecule has 146 valence electrons. The highest BCUT2D eigenvalue weighted by Crippen LogP contribution is 2.18. The van der Waals surface area contributed by atoms with Crippen LogP contribution >= 0.6 is 0 Å². The van der Waals surface area contributed by atoms with Crippen molar-refractivity contribution in [1.29, 1.82) is 0 Å². The maximum absolute atomic E-state index is 12.5. The van der Waals surface area contributed by atoms with Gasteiger partial charge in [-0.05, 0) is 54.8 Å². The summed E-state index contributed by atoms with van der Waals surface area (Å²) in [6, 6.07) is 11.3. The fourth-order valence-corrected chi connectivity index (χ4v) is 3.55. The van der Waals surface area contributed by atoms with Gasteiger partial charge in [-0.3, -0.25) is 14.4 Å². The number of aromatic amines is 1. The number of rotatable bonds is 5. The molecule has 3 aromatic rings. The van der Waals surface area contributed by atoms with E-state index in [0.717, 1.165) is 21.9 Å². The Balaban J connectivity index is 1.42. The van der Waals surface area contributed by atoms with Crippen molar-refractivity contribution in [2.75, 3.05) is 6.54 Å². The normalized spacial score (nSPS) is 15.4. The van der Waals surface area contributed by atoms with Gasteiger partial charge < -0.3 is 10.3 Å². The highest BCUT2D eigenvalue weighted by Gasteiger charge is 2.22. The molecule has 0 radical (unpaired) electrons. The van der Waals surface area contributed by atoms with Crippen molar-refractivity contribution < 1.29 is 14.4 Å². The van der Waals surface area contributed by atoms with E-state index in [1.165, 1.54) is 0 Å². The summed E-state index contributed by atoms with van der Waals surface area (Å²) < 4.78 is 0. The van der Waals surface area contributed by atoms with E-state index in [1.807, 2.05) is 50.3 Å². The fraction of sp³-hybridized carbons (Fsp3) is 0.217. The Kier molecular flexibility index (Phi) is 4.84. The van der Waals surface area contributed by atoms with E-state index in [0.29, 0.717) is 22.7 Å². The second kappa shape index (κ2) is 7.47. The summed E-state index contributed by atoms with van der Waals surface area (Å²) in [4.78, 5) is 44.3. The van der Waals surface area contributed by atoms with E-state index in [4.69, 9.17) is 0 Å². The summed E-state index contributed by atoms with van der Waals surface area (Å²) >= 11 is 0. The topological polar surface area (TPSA) is 91.4 Å². The Bertz CT molecular complexity index is 1270. The quantitative estimate of drug-likeness (QED) is 0.516. The summed E-state index contributed by atoms with van der Waals surface area (Å²) in [7, 11) is 0. The number of carbonyl (C=O) groups is 3. The second-order valence-electron chi connectivity index (χ2n) is 7.34. The van der Waals surface area contributed by atoms with Crippen LogP contribution in [0.4, 0.5) is 0 Å². The lowest BCUT2D eigenvalue weighted by Crippen LogP contribution is -2.37. The van der Waals surface area contributed by atoms with Crippen LogP contribution in [0.25, 0.3) is 17.0 Å². The number of hydrogen-bond donors (Lipinski definition) is 2. The van der Waals surface area contributed by atoms with Crippen LogP contribution in [-0.2, 0) is 9.59 Å². The average Bonchev–Trinajstić information content (AvgIpc) is 3.13. The molecule has 2 N–H and O–H groups in total. The summed E-state index contributed by atoms with van der Waals surface area (Å²) in [6.07, 6.45) is 3.83. The molecule has 1 aromatic heterocycles. The number of aromatic nitrogens is 1. The molecule has 2 amide bonds. The van der Waals surface area contributed by atoms with Crippen molar-refractivity contribution in [2.45, 2.75) is 20.3 Å². The lowest BCUT2D eigenvalue weighted by Gasteiger charge is -2.13. The van der Waals surface area contributed by atoms with Gasteiger partial charge in [0.25, 0.3) is 17.6 Å². The van der Waals surface area contributed by atoms with Crippen molar-refractivity contribution in [2.24, 2.45) is 10.9 Å². The van der Waals surface area contributed by atoms with Crippen LogP contribution in [0.1, 0.15) is 27.9 Å². The molecule has 0 saturated carbocycles. The highest BCUT2D eigenvalue weighted by atomic mass is 16.2. The van der Waals surface area contributed by atoms with Crippen LogP contribution in [0.2, 0.25) is 0 Å². The smallest absolute Gasteiger partial charge is 0.292 e. The van der Waals surface area contributed by atoms with Gasteiger partial charge in [0, 0.05) is 23.6 Å². The molecular formula is C23H21N3O3. The van der Waals surface area contributed by atoms with Gasteiger partial charge in [-0.2, -0.15) is 0 Å². The third-order valence-corrected chi connectivity index (χ3v) is 5.35. The molecule has 4 rings (SSSR count). The number of nitrogens with zero attached hydrogens (tertiary/aromatic N) is 1. The van der Waals surface area contributed by atoms with Crippen molar-refractivity contribution in [3.05, 3.63) is 69.9 Å². The van der Waals surface area contributed by atoms with Gasteiger partial charge in [0.2, 0.25) is 0 Å². The Labute approximate surface area is 167 Å². The molecule has 0 bridgehead atoms. The largest absolute Gasteiger partial charge is 0.360 e. The van der Waals surface area contributed by atoms with Gasteiger partial charge in [-0.1, -0.05) is 24.3 Å². The predicted octanol–water partition coefficient (Wildman–Crippen LogP) is 1.73. The number of hydrogen-bond acceptors (Lipinski definition) is 3. The maximum atomic E-state index is 12.5. The Hall–Kier alpha value is -3.54. The second-order valence-corrected chi connectivity index (χ2v) is 7.34. The molecule has 0 aliphatic carbocycles. The number of H-pyrrole nitrogens is 1. The molecule has 2 aromatic carbocycles. The van der Waals surface area contributed by atoms with E-state index in [1.54, 1.807) is 12.3 Å². The monoisotopic (exact) mass is 387 g/mol. The minimum Gasteiger partial charge on any atom is -0.360 e. The molecule has 2 heterocycles. The summed E-state index contributed by atoms with van der Waals surface area (Å²) in [5, 5.41) is 4.96. The molecular weight excluding hydrogens is 366 g/mol. The van der Waals surface area contributed by atoms with Gasteiger partial charge in [0.15, 0.2) is 0 Å². The van der Waals surface area contributed by atoms with Gasteiger partial charge >= 0.3 is 0 Å². The van der Waals surface area contributed by atoms with Crippen LogP contribution in [0.3, 0.4) is 0 Å². The zero-order valence-electron chi connectivity index (χ0n) is 16.3. The van der Waals surface area contributed by atoms with Gasteiger partial charge in [0.05, 0.1) is 16.8 Å². The lowest BCUT2D eigenvalue weighted by molar-refractivity contribution is -0.121. The SMILES string of the molecule is Cc1cc2c(cc1C)=NC(=O)C(CCNC(=O)C(=O)c1c[nH]c3ccccc13)C=2. The molecule has 1 unspecified atom stereocenters. The van der Waals surface area contributed by atoms with E-state index in [-0.39, 0.29) is 12.5 Å². The zero-order chi connectivity index (χ0) is 20.5. The highest BCUT2D eigenvalue weighted by molar-refractivity contribution is 6.44. The molecule has 6 nitrogen and oxygen atoms in total. The molecule has 0 fully saturated rings. The van der Waals surface area contributed by atoms with Crippen LogP contribution in [-0.4, -0.2) is 29.1 Å². The average molecular weight is 387 g/mol. The Morgan fingerprint density at radius 2 is 1.90 bits per heavy atom. The molecule has 29 heavy (non-hydrogen) atoms. The summed E-state index contributed by atoms with van der Waals surface area (Å²) in [6.45, 7) is 4.23. The maximum Gasteiger partial charge on any atom is 0.292 e. The zero-order valence-corrected chi connectivity index (χ0v) is 16.3. The van der Waals surface area contributed by atoms with Crippen molar-refractivity contribution >= 4 is 34.6 Å². The molecule has 0 spiro atoms. The first-order valence-corrected chi connectivity index (χ1v) is 9.54. The van der Waals surface area contributed by atoms with Crippen LogP contribution in [0.5, 0.6) is 0 Å². The Morgan fingerprint density at radius 1 is 1.14 bits per heavy atom. The molecule has 1 aliphatic rings. The molecule has 0 saturated heterocycles. The first kappa shape index (κ1) is 18.8. The first-order valence-electron chi connectivity index (χ1n) is 9.54. The van der Waals surface area contributed by atoms with Crippen molar-refractivity contribution in [3.63, 3.8) is 0 Å². The van der Waals surface area contributed by atoms with Crippen molar-refractivity contribution in [1.82, 2.24) is 10.3 Å².